The van der Waals surface area contributed by atoms with Crippen LogP contribution in [-0.2, 0) is 5.41 Å². The van der Waals surface area contributed by atoms with Crippen molar-refractivity contribution in [3.8, 4) is 11.1 Å². The van der Waals surface area contributed by atoms with Gasteiger partial charge in [-0.1, -0.05) is 74.4 Å². The topological polar surface area (TPSA) is 0 Å². The van der Waals surface area contributed by atoms with Crippen molar-refractivity contribution in [1.82, 2.24) is 0 Å². The average Bonchev–Trinajstić information content (AvgIpc) is 2.88. The van der Waals surface area contributed by atoms with E-state index in [0.717, 1.165) is 0 Å². The molecular weight excluding hydrogens is 216 g/mol. The Kier molecular flexibility index (Phi) is 2.95. The molecule has 1 aliphatic rings. The third kappa shape index (κ3) is 1.96. The molecule has 0 N–H and O–H groups in total. The highest BCUT2D eigenvalue weighted by molar-refractivity contribution is 5.68. The van der Waals surface area contributed by atoms with E-state index in [1.54, 1.807) is 0 Å². The summed E-state index contributed by atoms with van der Waals surface area (Å²) in [5, 5.41) is 0. The third-order valence-electron chi connectivity index (χ3n) is 4.37. The van der Waals surface area contributed by atoms with E-state index >= 15 is 0 Å². The van der Waals surface area contributed by atoms with E-state index in [-0.39, 0.29) is 0 Å². The number of rotatable bonds is 2. The van der Waals surface area contributed by atoms with Crippen LogP contribution in [-0.4, -0.2) is 0 Å². The molecule has 0 amide bonds. The van der Waals surface area contributed by atoms with Crippen molar-refractivity contribution in [3.63, 3.8) is 0 Å². The lowest BCUT2D eigenvalue weighted by Gasteiger charge is -2.27. The van der Waals surface area contributed by atoms with Gasteiger partial charge in [0.05, 0.1) is 0 Å². The summed E-state index contributed by atoms with van der Waals surface area (Å²) >= 11 is 0. The van der Waals surface area contributed by atoms with Gasteiger partial charge in [-0.05, 0) is 34.9 Å². The molecule has 92 valence electrons. The van der Waals surface area contributed by atoms with Crippen molar-refractivity contribution in [2.75, 3.05) is 0 Å². The monoisotopic (exact) mass is 236 g/mol. The molecule has 0 atom stereocenters. The Morgan fingerprint density at radius 3 is 2.11 bits per heavy atom. The molecule has 3 rings (SSSR count). The van der Waals surface area contributed by atoms with Gasteiger partial charge >= 0.3 is 0 Å². The molecule has 0 bridgehead atoms. The zero-order chi connectivity index (χ0) is 12.4. The van der Waals surface area contributed by atoms with Crippen molar-refractivity contribution < 1.29 is 0 Å². The van der Waals surface area contributed by atoms with Crippen molar-refractivity contribution >= 4 is 0 Å². The Labute approximate surface area is 110 Å². The molecule has 0 radical (unpaired) electrons. The van der Waals surface area contributed by atoms with E-state index in [2.05, 4.69) is 61.5 Å². The lowest BCUT2D eigenvalue weighted by atomic mass is 9.77. The summed E-state index contributed by atoms with van der Waals surface area (Å²) < 4.78 is 0. The van der Waals surface area contributed by atoms with E-state index in [1.165, 1.54) is 42.4 Å². The molecule has 0 saturated heterocycles. The summed E-state index contributed by atoms with van der Waals surface area (Å²) in [7, 11) is 0. The van der Waals surface area contributed by atoms with Crippen LogP contribution in [0.2, 0.25) is 0 Å². The molecule has 0 aromatic heterocycles. The highest BCUT2D eigenvalue weighted by Gasteiger charge is 2.32. The smallest absolute Gasteiger partial charge is 0.00691 e. The Morgan fingerprint density at radius 2 is 1.39 bits per heavy atom. The van der Waals surface area contributed by atoms with Crippen LogP contribution in [0.1, 0.15) is 38.2 Å². The zero-order valence-corrected chi connectivity index (χ0v) is 11.0. The lowest BCUT2D eigenvalue weighted by Crippen LogP contribution is -2.17. The zero-order valence-electron chi connectivity index (χ0n) is 11.0. The van der Waals surface area contributed by atoms with Crippen molar-refractivity contribution in [1.29, 1.82) is 0 Å². The fourth-order valence-corrected chi connectivity index (χ4v) is 3.30. The first kappa shape index (κ1) is 11.5. The number of hydrogen-bond acceptors (Lipinski definition) is 0. The molecule has 0 aliphatic heterocycles. The maximum Gasteiger partial charge on any atom is -0.00691 e. The standard InChI is InChI=1S/C18H20/c1-18(13-7-8-14-18)17-12-6-5-11-16(17)15-9-3-2-4-10-15/h2-6,9-12H,7-8,13-14H2,1H3. The van der Waals surface area contributed by atoms with Crippen LogP contribution >= 0.6 is 0 Å². The van der Waals surface area contributed by atoms with Crippen LogP contribution in [0.15, 0.2) is 54.6 Å². The van der Waals surface area contributed by atoms with Crippen LogP contribution in [0.5, 0.6) is 0 Å². The van der Waals surface area contributed by atoms with Gasteiger partial charge in [0, 0.05) is 0 Å². The van der Waals surface area contributed by atoms with Gasteiger partial charge in [-0.2, -0.15) is 0 Å². The highest BCUT2D eigenvalue weighted by atomic mass is 14.4. The Bertz CT molecular complexity index is 519. The predicted octanol–water partition coefficient (Wildman–Crippen LogP) is 5.19. The van der Waals surface area contributed by atoms with Gasteiger partial charge in [-0.3, -0.25) is 0 Å². The van der Waals surface area contributed by atoms with E-state index in [9.17, 15) is 0 Å². The van der Waals surface area contributed by atoms with Gasteiger partial charge in [0.25, 0.3) is 0 Å². The molecular formula is C18H20. The highest BCUT2D eigenvalue weighted by Crippen LogP contribution is 2.44. The molecule has 1 saturated carbocycles. The fraction of sp³-hybridized carbons (Fsp3) is 0.333. The molecule has 0 unspecified atom stereocenters. The molecule has 1 aliphatic carbocycles. The van der Waals surface area contributed by atoms with Crippen LogP contribution in [0.3, 0.4) is 0 Å². The predicted molar refractivity (Wildman–Crippen MR) is 77.7 cm³/mol. The molecule has 0 heterocycles. The maximum absolute atomic E-state index is 2.43. The van der Waals surface area contributed by atoms with Crippen molar-refractivity contribution in [2.24, 2.45) is 0 Å². The molecule has 1 fully saturated rings. The van der Waals surface area contributed by atoms with Crippen LogP contribution < -0.4 is 0 Å². The quantitative estimate of drug-likeness (QED) is 0.673. The summed E-state index contributed by atoms with van der Waals surface area (Å²) in [4.78, 5) is 0. The van der Waals surface area contributed by atoms with Crippen LogP contribution in [0, 0.1) is 0 Å². The van der Waals surface area contributed by atoms with E-state index in [0.29, 0.717) is 5.41 Å². The normalized spacial score (nSPS) is 17.8. The first-order valence-electron chi connectivity index (χ1n) is 6.95. The SMILES string of the molecule is CC1(c2ccccc2-c2ccccc2)CCCC1. The van der Waals surface area contributed by atoms with Gasteiger partial charge in [0.1, 0.15) is 0 Å². The van der Waals surface area contributed by atoms with Crippen molar-refractivity contribution in [2.45, 2.75) is 38.0 Å². The minimum absolute atomic E-state index is 0.381. The average molecular weight is 236 g/mol. The van der Waals surface area contributed by atoms with Gasteiger partial charge in [-0.15, -0.1) is 0 Å². The van der Waals surface area contributed by atoms with Gasteiger partial charge in [0.15, 0.2) is 0 Å². The minimum atomic E-state index is 0.381. The fourth-order valence-electron chi connectivity index (χ4n) is 3.30. The summed E-state index contributed by atoms with van der Waals surface area (Å²) in [6.45, 7) is 2.43. The van der Waals surface area contributed by atoms with Gasteiger partial charge in [-0.25, -0.2) is 0 Å². The molecule has 0 spiro atoms. The summed E-state index contributed by atoms with van der Waals surface area (Å²) in [6.07, 6.45) is 5.41. The second-order valence-electron chi connectivity index (χ2n) is 5.68. The van der Waals surface area contributed by atoms with E-state index in [4.69, 9.17) is 0 Å². The van der Waals surface area contributed by atoms with Crippen molar-refractivity contribution in [3.05, 3.63) is 60.2 Å². The summed E-state index contributed by atoms with van der Waals surface area (Å²) in [5.41, 5.74) is 4.68. The summed E-state index contributed by atoms with van der Waals surface area (Å²) in [5.74, 6) is 0. The third-order valence-corrected chi connectivity index (χ3v) is 4.37. The van der Waals surface area contributed by atoms with Crippen LogP contribution in [0.25, 0.3) is 11.1 Å². The Balaban J connectivity index is 2.11. The van der Waals surface area contributed by atoms with E-state index in [1.807, 2.05) is 0 Å². The van der Waals surface area contributed by atoms with Gasteiger partial charge in [0.2, 0.25) is 0 Å². The largest absolute Gasteiger partial charge is 0.0622 e. The second kappa shape index (κ2) is 4.61. The molecule has 0 nitrogen and oxygen atoms in total. The molecule has 2 aromatic rings. The Morgan fingerprint density at radius 1 is 0.778 bits per heavy atom. The number of hydrogen-bond donors (Lipinski definition) is 0. The van der Waals surface area contributed by atoms with Crippen LogP contribution in [0.4, 0.5) is 0 Å². The molecule has 0 heteroatoms. The first-order chi connectivity index (χ1) is 8.80. The minimum Gasteiger partial charge on any atom is -0.0622 e. The molecule has 2 aromatic carbocycles. The first-order valence-corrected chi connectivity index (χ1v) is 6.95. The summed E-state index contributed by atoms with van der Waals surface area (Å²) in [6, 6.07) is 19.7. The second-order valence-corrected chi connectivity index (χ2v) is 5.68. The lowest BCUT2D eigenvalue weighted by molar-refractivity contribution is 0.493. The van der Waals surface area contributed by atoms with E-state index < -0.39 is 0 Å². The van der Waals surface area contributed by atoms with Gasteiger partial charge < -0.3 is 0 Å². The Hall–Kier alpha value is -1.56. The maximum atomic E-state index is 2.43. The number of benzene rings is 2. The molecule has 18 heavy (non-hydrogen) atoms.